The number of aromatic nitrogens is 2. The lowest BCUT2D eigenvalue weighted by Crippen LogP contribution is -2.01. The number of rotatable bonds is 6. The minimum Gasteiger partial charge on any atom is -0.493 e. The van der Waals surface area contributed by atoms with Crippen LogP contribution < -0.4 is 9.47 Å². The molecule has 1 aromatic heterocycles. The summed E-state index contributed by atoms with van der Waals surface area (Å²) in [6.45, 7) is 1.77. The molecule has 0 atom stereocenters. The zero-order chi connectivity index (χ0) is 15.2. The maximum absolute atomic E-state index is 10.6. The van der Waals surface area contributed by atoms with Crippen molar-refractivity contribution in [1.82, 2.24) is 10.1 Å². The first kappa shape index (κ1) is 14.6. The lowest BCUT2D eigenvalue weighted by molar-refractivity contribution is -0.131. The summed E-state index contributed by atoms with van der Waals surface area (Å²) in [4.78, 5) is 14.7. The Morgan fingerprint density at radius 3 is 2.90 bits per heavy atom. The van der Waals surface area contributed by atoms with Crippen LogP contribution in [0.1, 0.15) is 17.3 Å². The van der Waals surface area contributed by atoms with Crippen molar-refractivity contribution < 1.29 is 23.9 Å². The molecule has 1 N–H and O–H groups in total. The smallest absolute Gasteiger partial charge is 0.328 e. The Balaban J connectivity index is 2.24. The molecule has 0 bridgehead atoms. The van der Waals surface area contributed by atoms with Gasteiger partial charge in [0, 0.05) is 18.6 Å². The Bertz CT molecular complexity index is 663. The fraction of sp³-hybridized carbons (Fsp3) is 0.214. The third-order valence-corrected chi connectivity index (χ3v) is 2.55. The number of aliphatic carboxylic acids is 1. The molecule has 0 amide bonds. The summed E-state index contributed by atoms with van der Waals surface area (Å²) in [5, 5.41) is 12.4. The van der Waals surface area contributed by atoms with Crippen LogP contribution in [0.15, 0.2) is 28.8 Å². The molecule has 0 spiro atoms. The number of ether oxygens (including phenoxy) is 2. The predicted octanol–water partition coefficient (Wildman–Crippen LogP) is 2.06. The van der Waals surface area contributed by atoms with Gasteiger partial charge in [0.1, 0.15) is 0 Å². The van der Waals surface area contributed by atoms with Crippen molar-refractivity contribution in [3.05, 3.63) is 41.6 Å². The van der Waals surface area contributed by atoms with Crippen molar-refractivity contribution in [2.24, 2.45) is 0 Å². The minimum absolute atomic E-state index is 0.0889. The standard InChI is InChI=1S/C14H14N2O5/c1-9-15-12(16-21-9)8-20-14-10(6-7-13(17)18)4-3-5-11(14)19-2/h3-7H,8H2,1-2H3,(H,17,18)/b7-6+. The average Bonchev–Trinajstić information content (AvgIpc) is 2.88. The molecule has 2 aromatic rings. The number of hydrogen-bond acceptors (Lipinski definition) is 6. The van der Waals surface area contributed by atoms with E-state index in [9.17, 15) is 4.79 Å². The number of carbonyl (C=O) groups is 1. The van der Waals surface area contributed by atoms with Gasteiger partial charge < -0.3 is 19.1 Å². The van der Waals surface area contributed by atoms with Crippen LogP contribution in [0, 0.1) is 6.92 Å². The number of para-hydroxylation sites is 1. The molecule has 110 valence electrons. The van der Waals surface area contributed by atoms with Gasteiger partial charge >= 0.3 is 5.97 Å². The molecule has 7 heteroatoms. The van der Waals surface area contributed by atoms with Crippen LogP contribution >= 0.6 is 0 Å². The molecule has 1 aromatic carbocycles. The van der Waals surface area contributed by atoms with E-state index in [0.717, 1.165) is 6.08 Å². The van der Waals surface area contributed by atoms with Gasteiger partial charge in [-0.1, -0.05) is 17.3 Å². The molecule has 0 aliphatic carbocycles. The van der Waals surface area contributed by atoms with Gasteiger partial charge in [-0.25, -0.2) is 4.79 Å². The van der Waals surface area contributed by atoms with Crippen LogP contribution in [0.2, 0.25) is 0 Å². The fourth-order valence-electron chi connectivity index (χ4n) is 1.68. The molecule has 21 heavy (non-hydrogen) atoms. The molecule has 0 radical (unpaired) electrons. The highest BCUT2D eigenvalue weighted by Crippen LogP contribution is 2.32. The SMILES string of the molecule is COc1cccc(/C=C/C(=O)O)c1OCc1noc(C)n1. The first-order chi connectivity index (χ1) is 10.1. The number of carboxylic acids is 1. The second-order valence-corrected chi connectivity index (χ2v) is 4.07. The summed E-state index contributed by atoms with van der Waals surface area (Å²) < 4.78 is 15.7. The molecular weight excluding hydrogens is 276 g/mol. The van der Waals surface area contributed by atoms with Crippen LogP contribution in [0.3, 0.4) is 0 Å². The molecule has 0 aliphatic rings. The first-order valence-corrected chi connectivity index (χ1v) is 6.10. The van der Waals surface area contributed by atoms with Crippen LogP contribution in [0.4, 0.5) is 0 Å². The summed E-state index contributed by atoms with van der Waals surface area (Å²) >= 11 is 0. The number of hydrogen-bond donors (Lipinski definition) is 1. The molecular formula is C14H14N2O5. The van der Waals surface area contributed by atoms with Crippen LogP contribution in [0.5, 0.6) is 11.5 Å². The zero-order valence-corrected chi connectivity index (χ0v) is 11.6. The van der Waals surface area contributed by atoms with Crippen LogP contribution in [0.25, 0.3) is 6.08 Å². The quantitative estimate of drug-likeness (QED) is 0.813. The summed E-state index contributed by atoms with van der Waals surface area (Å²) in [6, 6.07) is 5.18. The summed E-state index contributed by atoms with van der Waals surface area (Å²) in [5.74, 6) is 0.700. The third-order valence-electron chi connectivity index (χ3n) is 2.55. The lowest BCUT2D eigenvalue weighted by Gasteiger charge is -2.11. The van der Waals surface area contributed by atoms with E-state index in [4.69, 9.17) is 19.1 Å². The van der Waals surface area contributed by atoms with E-state index >= 15 is 0 Å². The number of benzene rings is 1. The van der Waals surface area contributed by atoms with E-state index in [0.29, 0.717) is 28.8 Å². The molecule has 0 aliphatic heterocycles. The van der Waals surface area contributed by atoms with Crippen molar-refractivity contribution in [2.45, 2.75) is 13.5 Å². The highest BCUT2D eigenvalue weighted by atomic mass is 16.5. The van der Waals surface area contributed by atoms with E-state index in [2.05, 4.69) is 10.1 Å². The number of nitrogens with zero attached hydrogens (tertiary/aromatic N) is 2. The van der Waals surface area contributed by atoms with Gasteiger partial charge in [-0.05, 0) is 12.1 Å². The summed E-state index contributed by atoms with van der Waals surface area (Å²) in [6.07, 6.45) is 2.46. The van der Waals surface area contributed by atoms with Crippen molar-refractivity contribution >= 4 is 12.0 Å². The van der Waals surface area contributed by atoms with E-state index in [1.54, 1.807) is 25.1 Å². The Morgan fingerprint density at radius 2 is 2.29 bits per heavy atom. The van der Waals surface area contributed by atoms with E-state index in [1.165, 1.54) is 13.2 Å². The van der Waals surface area contributed by atoms with Gasteiger partial charge in [0.25, 0.3) is 0 Å². The van der Waals surface area contributed by atoms with Crippen molar-refractivity contribution in [1.29, 1.82) is 0 Å². The second kappa shape index (κ2) is 6.56. The molecule has 2 rings (SSSR count). The van der Waals surface area contributed by atoms with Gasteiger partial charge in [-0.15, -0.1) is 0 Å². The van der Waals surface area contributed by atoms with Crippen molar-refractivity contribution in [3.63, 3.8) is 0 Å². The molecule has 1 heterocycles. The fourth-order valence-corrected chi connectivity index (χ4v) is 1.68. The van der Waals surface area contributed by atoms with Crippen molar-refractivity contribution in [2.75, 3.05) is 7.11 Å². The highest BCUT2D eigenvalue weighted by molar-refractivity contribution is 5.86. The van der Waals surface area contributed by atoms with Gasteiger partial charge in [0.05, 0.1) is 7.11 Å². The molecule has 0 fully saturated rings. The topological polar surface area (TPSA) is 94.7 Å². The van der Waals surface area contributed by atoms with Crippen LogP contribution in [-0.4, -0.2) is 28.3 Å². The molecule has 0 saturated carbocycles. The lowest BCUT2D eigenvalue weighted by atomic mass is 10.1. The second-order valence-electron chi connectivity index (χ2n) is 4.07. The summed E-state index contributed by atoms with van der Waals surface area (Å²) in [5.41, 5.74) is 0.581. The zero-order valence-electron chi connectivity index (χ0n) is 11.6. The first-order valence-electron chi connectivity index (χ1n) is 6.10. The number of carboxylic acid groups (broad SMARTS) is 1. The Morgan fingerprint density at radius 1 is 1.48 bits per heavy atom. The largest absolute Gasteiger partial charge is 0.493 e. The summed E-state index contributed by atoms with van der Waals surface area (Å²) in [7, 11) is 1.51. The van der Waals surface area contributed by atoms with E-state index in [-0.39, 0.29) is 6.61 Å². The third kappa shape index (κ3) is 3.82. The van der Waals surface area contributed by atoms with E-state index < -0.39 is 5.97 Å². The normalized spacial score (nSPS) is 10.8. The molecule has 7 nitrogen and oxygen atoms in total. The van der Waals surface area contributed by atoms with E-state index in [1.807, 2.05) is 0 Å². The van der Waals surface area contributed by atoms with Gasteiger partial charge in [-0.3, -0.25) is 0 Å². The molecule has 0 unspecified atom stereocenters. The Kier molecular flexibility index (Phi) is 4.55. The van der Waals surface area contributed by atoms with Crippen molar-refractivity contribution in [3.8, 4) is 11.5 Å². The highest BCUT2D eigenvalue weighted by Gasteiger charge is 2.11. The number of methoxy groups -OCH3 is 1. The van der Waals surface area contributed by atoms with Gasteiger partial charge in [-0.2, -0.15) is 4.98 Å². The van der Waals surface area contributed by atoms with Crippen LogP contribution in [-0.2, 0) is 11.4 Å². The Hall–Kier alpha value is -2.83. The van der Waals surface area contributed by atoms with Gasteiger partial charge in [0.15, 0.2) is 18.1 Å². The Labute approximate surface area is 120 Å². The number of aryl methyl sites for hydroxylation is 1. The molecule has 0 saturated heterocycles. The minimum atomic E-state index is -1.04. The predicted molar refractivity (Wildman–Crippen MR) is 73.0 cm³/mol. The maximum Gasteiger partial charge on any atom is 0.328 e. The monoisotopic (exact) mass is 290 g/mol. The average molecular weight is 290 g/mol. The maximum atomic E-state index is 10.6. The van der Waals surface area contributed by atoms with Gasteiger partial charge in [0.2, 0.25) is 11.7 Å².